The zero-order chi connectivity index (χ0) is 36.2. The van der Waals surface area contributed by atoms with Gasteiger partial charge in [-0.15, -0.1) is 0 Å². The molecular formula is C41H82O7. The molecule has 0 spiro atoms. The van der Waals surface area contributed by atoms with Crippen molar-refractivity contribution in [1.82, 2.24) is 0 Å². The summed E-state index contributed by atoms with van der Waals surface area (Å²) >= 11 is 0. The molecule has 288 valence electrons. The first-order valence-electron chi connectivity index (χ1n) is 19.9. The predicted molar refractivity (Wildman–Crippen MR) is 203 cm³/mol. The molecule has 0 N–H and O–H groups in total. The van der Waals surface area contributed by atoms with Crippen molar-refractivity contribution in [3.8, 4) is 0 Å². The van der Waals surface area contributed by atoms with Crippen LogP contribution in [0.25, 0.3) is 0 Å². The molecule has 48 heavy (non-hydrogen) atoms. The Labute approximate surface area is 299 Å². The molecule has 0 saturated heterocycles. The minimum absolute atomic E-state index is 0.0835. The molecule has 0 heterocycles. The minimum atomic E-state index is -1.06. The SMILES string of the molecule is CC=CC(CCCCCCCC)(CCOC)C(OCC)(OCC)OCC.CC=COCCC(CCCCCCCC)C(OCC)OCC. The minimum Gasteiger partial charge on any atom is -0.502 e. The summed E-state index contributed by atoms with van der Waals surface area (Å²) in [6, 6.07) is 0. The highest BCUT2D eigenvalue weighted by molar-refractivity contribution is 5.05. The van der Waals surface area contributed by atoms with Gasteiger partial charge in [-0.3, -0.25) is 0 Å². The maximum Gasteiger partial charge on any atom is 0.292 e. The third kappa shape index (κ3) is 22.7. The molecule has 0 aliphatic heterocycles. The van der Waals surface area contributed by atoms with Crippen LogP contribution in [0.2, 0.25) is 0 Å². The molecule has 0 aromatic carbocycles. The maximum atomic E-state index is 6.17. The van der Waals surface area contributed by atoms with Crippen LogP contribution in [-0.2, 0) is 33.2 Å². The Kier molecular flexibility index (Phi) is 36.7. The van der Waals surface area contributed by atoms with Crippen molar-refractivity contribution in [2.45, 2.75) is 177 Å². The zero-order valence-corrected chi connectivity index (χ0v) is 33.6. The average molecular weight is 687 g/mol. The van der Waals surface area contributed by atoms with Gasteiger partial charge in [0.15, 0.2) is 6.29 Å². The van der Waals surface area contributed by atoms with Gasteiger partial charge in [-0.1, -0.05) is 109 Å². The van der Waals surface area contributed by atoms with E-state index in [9.17, 15) is 0 Å². The van der Waals surface area contributed by atoms with Crippen LogP contribution in [0, 0.1) is 11.3 Å². The van der Waals surface area contributed by atoms with E-state index in [2.05, 4.69) is 32.9 Å². The molecule has 2 unspecified atom stereocenters. The number of allylic oxidation sites excluding steroid dienone is 2. The van der Waals surface area contributed by atoms with Crippen LogP contribution in [0.15, 0.2) is 24.5 Å². The lowest BCUT2D eigenvalue weighted by Crippen LogP contribution is -2.54. The molecule has 0 radical (unpaired) electrons. The fourth-order valence-corrected chi connectivity index (χ4v) is 6.29. The van der Waals surface area contributed by atoms with Gasteiger partial charge in [-0.25, -0.2) is 0 Å². The van der Waals surface area contributed by atoms with Gasteiger partial charge < -0.3 is 33.2 Å². The monoisotopic (exact) mass is 687 g/mol. The molecule has 0 aromatic heterocycles. The normalized spacial score (nSPS) is 14.1. The third-order valence-electron chi connectivity index (χ3n) is 8.64. The van der Waals surface area contributed by atoms with Crippen molar-refractivity contribution in [3.63, 3.8) is 0 Å². The van der Waals surface area contributed by atoms with Crippen LogP contribution in [-0.4, -0.2) is 65.6 Å². The molecule has 2 atom stereocenters. The molecular weight excluding hydrogens is 604 g/mol. The summed E-state index contributed by atoms with van der Waals surface area (Å²) in [5.41, 5.74) is -0.357. The molecule has 0 saturated carbocycles. The third-order valence-corrected chi connectivity index (χ3v) is 8.64. The second-order valence-corrected chi connectivity index (χ2v) is 12.5. The summed E-state index contributed by atoms with van der Waals surface area (Å²) in [4.78, 5) is 0. The van der Waals surface area contributed by atoms with Crippen molar-refractivity contribution >= 4 is 0 Å². The lowest BCUT2D eigenvalue weighted by atomic mass is 9.76. The Morgan fingerprint density at radius 2 is 1.06 bits per heavy atom. The van der Waals surface area contributed by atoms with Crippen molar-refractivity contribution < 1.29 is 33.2 Å². The van der Waals surface area contributed by atoms with Gasteiger partial charge in [0.25, 0.3) is 5.97 Å². The molecule has 0 aromatic rings. The Balaban J connectivity index is 0. The quantitative estimate of drug-likeness (QED) is 0.0289. The Bertz CT molecular complexity index is 675. The maximum absolute atomic E-state index is 6.17. The molecule has 0 amide bonds. The molecule has 7 heteroatoms. The summed E-state index contributed by atoms with van der Waals surface area (Å²) < 4.78 is 41.0. The number of rotatable bonds is 34. The highest BCUT2D eigenvalue weighted by atomic mass is 16.9. The smallest absolute Gasteiger partial charge is 0.292 e. The number of unbranched alkanes of at least 4 members (excludes halogenated alkanes) is 10. The summed E-state index contributed by atoms with van der Waals surface area (Å²) in [5.74, 6) is -0.629. The van der Waals surface area contributed by atoms with Crippen molar-refractivity contribution in [2.24, 2.45) is 11.3 Å². The van der Waals surface area contributed by atoms with Crippen LogP contribution >= 0.6 is 0 Å². The second-order valence-electron chi connectivity index (χ2n) is 12.5. The summed E-state index contributed by atoms with van der Waals surface area (Å²) in [7, 11) is 1.74. The Hall–Kier alpha value is -0.960. The van der Waals surface area contributed by atoms with Crippen LogP contribution in [0.4, 0.5) is 0 Å². The van der Waals surface area contributed by atoms with E-state index in [0.29, 0.717) is 45.6 Å². The van der Waals surface area contributed by atoms with Gasteiger partial charge >= 0.3 is 0 Å². The number of hydrogen-bond acceptors (Lipinski definition) is 7. The molecule has 0 rings (SSSR count). The molecule has 0 aliphatic carbocycles. The second kappa shape index (κ2) is 35.9. The highest BCUT2D eigenvalue weighted by Crippen LogP contribution is 2.46. The summed E-state index contributed by atoms with van der Waals surface area (Å²) in [5, 5.41) is 0. The lowest BCUT2D eigenvalue weighted by molar-refractivity contribution is -0.421. The van der Waals surface area contributed by atoms with E-state index in [1.807, 2.05) is 47.6 Å². The number of ether oxygens (including phenoxy) is 7. The summed E-state index contributed by atoms with van der Waals surface area (Å²) in [6.45, 7) is 23.0. The van der Waals surface area contributed by atoms with Crippen molar-refractivity contribution in [2.75, 3.05) is 53.4 Å². The first-order valence-corrected chi connectivity index (χ1v) is 19.9. The van der Waals surface area contributed by atoms with Crippen LogP contribution < -0.4 is 0 Å². The van der Waals surface area contributed by atoms with Gasteiger partial charge in [0, 0.05) is 52.7 Å². The van der Waals surface area contributed by atoms with Gasteiger partial charge in [-0.2, -0.15) is 0 Å². The number of methoxy groups -OCH3 is 1. The lowest BCUT2D eigenvalue weighted by Gasteiger charge is -2.47. The van der Waals surface area contributed by atoms with Crippen LogP contribution in [0.3, 0.4) is 0 Å². The topological polar surface area (TPSA) is 64.6 Å². The summed E-state index contributed by atoms with van der Waals surface area (Å²) in [6.07, 6.45) is 27.4. The first-order chi connectivity index (χ1) is 23.4. The molecule has 0 bridgehead atoms. The van der Waals surface area contributed by atoms with E-state index in [0.717, 1.165) is 38.7 Å². The Morgan fingerprint density at radius 3 is 1.52 bits per heavy atom. The van der Waals surface area contributed by atoms with E-state index in [-0.39, 0.29) is 11.7 Å². The van der Waals surface area contributed by atoms with Gasteiger partial charge in [0.1, 0.15) is 0 Å². The predicted octanol–water partition coefficient (Wildman–Crippen LogP) is 11.8. The van der Waals surface area contributed by atoms with Gasteiger partial charge in [-0.05, 0) is 74.1 Å². The standard InChI is InChI=1S/C22H44O4.C19H38O3/c1-7-12-13-14-15-16-18-21(17-8-2,19-20-23-6)22(24-9-3,25-10-4)26-11-5;1-5-9-10-11-12-13-14-18(15-17-20-16-6-2)19(21-7-3)22-8-4/h8,17H,7,9-16,18-20H2,1-6H3;6,16,18-19H,5,7-15,17H2,1-4H3. The van der Waals surface area contributed by atoms with E-state index in [1.165, 1.54) is 70.6 Å². The molecule has 0 aliphatic rings. The van der Waals surface area contributed by atoms with Gasteiger partial charge in [0.2, 0.25) is 0 Å². The van der Waals surface area contributed by atoms with E-state index < -0.39 is 5.97 Å². The van der Waals surface area contributed by atoms with Crippen molar-refractivity contribution in [3.05, 3.63) is 24.5 Å². The fraction of sp³-hybridized carbons (Fsp3) is 0.902. The van der Waals surface area contributed by atoms with Crippen LogP contribution in [0.5, 0.6) is 0 Å². The highest BCUT2D eigenvalue weighted by Gasteiger charge is 2.53. The van der Waals surface area contributed by atoms with E-state index in [4.69, 9.17) is 33.2 Å². The Morgan fingerprint density at radius 1 is 0.542 bits per heavy atom. The number of hydrogen-bond donors (Lipinski definition) is 0. The van der Waals surface area contributed by atoms with Crippen molar-refractivity contribution in [1.29, 1.82) is 0 Å². The van der Waals surface area contributed by atoms with E-state index in [1.54, 1.807) is 13.4 Å². The average Bonchev–Trinajstić information content (AvgIpc) is 3.08. The fourth-order valence-electron chi connectivity index (χ4n) is 6.29. The molecule has 0 fully saturated rings. The van der Waals surface area contributed by atoms with Crippen LogP contribution in [0.1, 0.15) is 165 Å². The zero-order valence-electron chi connectivity index (χ0n) is 33.6. The first kappa shape index (κ1) is 49.2. The molecule has 7 nitrogen and oxygen atoms in total. The van der Waals surface area contributed by atoms with E-state index >= 15 is 0 Å². The largest absolute Gasteiger partial charge is 0.502 e. The van der Waals surface area contributed by atoms with Gasteiger partial charge in [0.05, 0.1) is 18.3 Å².